The molecule has 27 heavy (non-hydrogen) atoms. The van der Waals surface area contributed by atoms with E-state index in [1.807, 2.05) is 12.1 Å². The van der Waals surface area contributed by atoms with Crippen LogP contribution >= 0.6 is 0 Å². The third-order valence-corrected chi connectivity index (χ3v) is 5.03. The van der Waals surface area contributed by atoms with Gasteiger partial charge in [0.05, 0.1) is 16.0 Å². The second-order valence-electron chi connectivity index (χ2n) is 5.45. The number of rotatable bonds is 5. The molecule has 0 bridgehead atoms. The molecule has 0 unspecified atom stereocenters. The van der Waals surface area contributed by atoms with Crippen LogP contribution in [0, 0.1) is 22.7 Å². The van der Waals surface area contributed by atoms with Crippen molar-refractivity contribution in [2.75, 3.05) is 4.72 Å². The monoisotopic (exact) mass is 375 g/mol. The Balaban J connectivity index is 1.82. The lowest BCUT2D eigenvalue weighted by molar-refractivity contribution is 0.479. The van der Waals surface area contributed by atoms with Gasteiger partial charge in [-0.1, -0.05) is 24.3 Å². The van der Waals surface area contributed by atoms with E-state index in [1.165, 1.54) is 24.3 Å². The largest absolute Gasteiger partial charge is 0.455 e. The molecule has 132 valence electrons. The molecule has 0 atom stereocenters. The van der Waals surface area contributed by atoms with Crippen molar-refractivity contribution in [1.82, 2.24) is 0 Å². The Morgan fingerprint density at radius 3 is 1.93 bits per heavy atom. The highest BCUT2D eigenvalue weighted by molar-refractivity contribution is 7.92. The minimum Gasteiger partial charge on any atom is -0.455 e. The molecule has 3 aromatic rings. The van der Waals surface area contributed by atoms with Gasteiger partial charge in [-0.05, 0) is 48.5 Å². The Morgan fingerprint density at radius 1 is 0.778 bits per heavy atom. The quantitative estimate of drug-likeness (QED) is 0.725. The zero-order valence-electron chi connectivity index (χ0n) is 14.0. The summed E-state index contributed by atoms with van der Waals surface area (Å²) in [4.78, 5) is 0.159. The summed E-state index contributed by atoms with van der Waals surface area (Å²) in [6.07, 6.45) is 0. The third-order valence-electron chi connectivity index (χ3n) is 3.64. The van der Waals surface area contributed by atoms with Crippen molar-refractivity contribution in [3.63, 3.8) is 0 Å². The second kappa shape index (κ2) is 7.61. The highest BCUT2D eigenvalue weighted by Gasteiger charge is 2.14. The maximum Gasteiger partial charge on any atom is 0.261 e. The summed E-state index contributed by atoms with van der Waals surface area (Å²) >= 11 is 0. The molecule has 7 heteroatoms. The van der Waals surface area contributed by atoms with Crippen molar-refractivity contribution in [2.24, 2.45) is 0 Å². The van der Waals surface area contributed by atoms with Crippen molar-refractivity contribution < 1.29 is 13.2 Å². The van der Waals surface area contributed by atoms with Gasteiger partial charge in [0.25, 0.3) is 10.0 Å². The molecule has 0 spiro atoms. The van der Waals surface area contributed by atoms with Crippen molar-refractivity contribution >= 4 is 15.7 Å². The number of para-hydroxylation sites is 1. The van der Waals surface area contributed by atoms with E-state index >= 15 is 0 Å². The van der Waals surface area contributed by atoms with Gasteiger partial charge in [0.1, 0.15) is 17.9 Å². The fraction of sp³-hybridized carbons (Fsp3) is 0. The smallest absolute Gasteiger partial charge is 0.261 e. The molecular formula is C20H13N3O3S. The number of anilines is 1. The molecule has 6 nitrogen and oxygen atoms in total. The van der Waals surface area contributed by atoms with Gasteiger partial charge in [-0.3, -0.25) is 4.72 Å². The van der Waals surface area contributed by atoms with Crippen LogP contribution in [0.3, 0.4) is 0 Å². The molecule has 0 aliphatic rings. The first-order valence-corrected chi connectivity index (χ1v) is 9.31. The molecule has 0 fully saturated rings. The maximum atomic E-state index is 12.3. The van der Waals surface area contributed by atoms with Gasteiger partial charge in [-0.25, -0.2) is 8.42 Å². The molecule has 0 aliphatic carbocycles. The maximum absolute atomic E-state index is 12.3. The van der Waals surface area contributed by atoms with Crippen LogP contribution in [0.2, 0.25) is 0 Å². The molecule has 0 aromatic heterocycles. The predicted octanol–water partition coefficient (Wildman–Crippen LogP) is 4.02. The average molecular weight is 375 g/mol. The number of benzene rings is 3. The molecule has 3 aromatic carbocycles. The Morgan fingerprint density at radius 2 is 1.37 bits per heavy atom. The summed E-state index contributed by atoms with van der Waals surface area (Å²) in [5, 5.41) is 18.4. The zero-order chi connectivity index (χ0) is 19.3. The summed E-state index contributed by atoms with van der Waals surface area (Å²) in [5.74, 6) is 0.539. The number of hydrogen-bond acceptors (Lipinski definition) is 5. The summed E-state index contributed by atoms with van der Waals surface area (Å²) in [5.41, 5.74) is 0.839. The van der Waals surface area contributed by atoms with Crippen molar-refractivity contribution in [1.29, 1.82) is 10.5 Å². The molecule has 0 aliphatic heterocycles. The minimum absolute atomic E-state index is 0.159. The Hall–Kier alpha value is -3.81. The number of ether oxygens (including phenoxy) is 1. The average Bonchev–Trinajstić information content (AvgIpc) is 2.70. The van der Waals surface area contributed by atoms with E-state index in [-0.39, 0.29) is 21.8 Å². The number of sulfonamides is 1. The molecule has 1 N–H and O–H groups in total. The van der Waals surface area contributed by atoms with Crippen LogP contribution in [0.5, 0.6) is 11.5 Å². The topological polar surface area (TPSA) is 103 Å². The van der Waals surface area contributed by atoms with Crippen LogP contribution in [-0.4, -0.2) is 8.42 Å². The van der Waals surface area contributed by atoms with Gasteiger partial charge >= 0.3 is 0 Å². The minimum atomic E-state index is -3.68. The lowest BCUT2D eigenvalue weighted by Crippen LogP contribution is -2.12. The fourth-order valence-electron chi connectivity index (χ4n) is 2.35. The van der Waals surface area contributed by atoms with Crippen molar-refractivity contribution in [2.45, 2.75) is 4.90 Å². The van der Waals surface area contributed by atoms with E-state index in [9.17, 15) is 18.9 Å². The Labute approximate surface area is 156 Å². The summed E-state index contributed by atoms with van der Waals surface area (Å²) in [6, 6.07) is 22.9. The normalized spacial score (nSPS) is 10.4. The van der Waals surface area contributed by atoms with Crippen LogP contribution in [-0.2, 0) is 10.0 Å². The lowest BCUT2D eigenvalue weighted by atomic mass is 10.1. The van der Waals surface area contributed by atoms with E-state index in [0.29, 0.717) is 11.4 Å². The molecule has 0 amide bonds. The van der Waals surface area contributed by atoms with Crippen molar-refractivity contribution in [3.8, 4) is 23.6 Å². The van der Waals surface area contributed by atoms with E-state index in [2.05, 4.69) is 4.72 Å². The SMILES string of the molecule is N#Cc1cccc(C#N)c1Oc1ccc(NS(=O)(=O)c2ccccc2)cc1. The first-order valence-electron chi connectivity index (χ1n) is 7.82. The standard InChI is InChI=1S/C20H13N3O3S/c21-13-15-5-4-6-16(14-22)20(15)26-18-11-9-17(10-12-18)23-27(24,25)19-7-2-1-3-8-19/h1-12,23H. The van der Waals surface area contributed by atoms with Crippen LogP contribution in [0.4, 0.5) is 5.69 Å². The highest BCUT2D eigenvalue weighted by atomic mass is 32.2. The number of nitrogens with zero attached hydrogens (tertiary/aromatic N) is 2. The third kappa shape index (κ3) is 4.06. The highest BCUT2D eigenvalue weighted by Crippen LogP contribution is 2.29. The first kappa shape index (κ1) is 18.0. The van der Waals surface area contributed by atoms with Gasteiger partial charge in [0.15, 0.2) is 5.75 Å². The Bertz CT molecular complexity index is 1110. The molecule has 0 saturated carbocycles. The van der Waals surface area contributed by atoms with E-state index in [4.69, 9.17) is 4.74 Å². The summed E-state index contributed by atoms with van der Waals surface area (Å²) < 4.78 is 32.8. The number of nitrogens with one attached hydrogen (secondary N) is 1. The van der Waals surface area contributed by atoms with Gasteiger partial charge in [0.2, 0.25) is 0 Å². The first-order chi connectivity index (χ1) is 13.0. The van der Waals surface area contributed by atoms with E-state index < -0.39 is 10.0 Å². The molecule has 0 heterocycles. The van der Waals surface area contributed by atoms with Gasteiger partial charge in [0, 0.05) is 5.69 Å². The molecule has 0 saturated heterocycles. The second-order valence-corrected chi connectivity index (χ2v) is 7.13. The predicted molar refractivity (Wildman–Crippen MR) is 99.6 cm³/mol. The molecular weight excluding hydrogens is 362 g/mol. The fourth-order valence-corrected chi connectivity index (χ4v) is 3.43. The number of nitriles is 2. The van der Waals surface area contributed by atoms with Crippen molar-refractivity contribution in [3.05, 3.63) is 83.9 Å². The van der Waals surface area contributed by atoms with E-state index in [1.54, 1.807) is 48.5 Å². The van der Waals surface area contributed by atoms with E-state index in [0.717, 1.165) is 0 Å². The van der Waals surface area contributed by atoms with Crippen LogP contribution < -0.4 is 9.46 Å². The Kier molecular flexibility index (Phi) is 5.07. The summed E-state index contributed by atoms with van der Waals surface area (Å²) in [6.45, 7) is 0. The molecule has 3 rings (SSSR count). The lowest BCUT2D eigenvalue weighted by Gasteiger charge is -2.11. The van der Waals surface area contributed by atoms with Crippen LogP contribution in [0.25, 0.3) is 0 Å². The zero-order valence-corrected chi connectivity index (χ0v) is 14.8. The van der Waals surface area contributed by atoms with Crippen LogP contribution in [0.15, 0.2) is 77.7 Å². The molecule has 0 radical (unpaired) electrons. The van der Waals surface area contributed by atoms with Gasteiger partial charge < -0.3 is 4.74 Å². The van der Waals surface area contributed by atoms with Gasteiger partial charge in [-0.2, -0.15) is 10.5 Å². The summed E-state index contributed by atoms with van der Waals surface area (Å²) in [7, 11) is -3.68. The van der Waals surface area contributed by atoms with Crippen LogP contribution in [0.1, 0.15) is 11.1 Å². The number of hydrogen-bond donors (Lipinski definition) is 1. The van der Waals surface area contributed by atoms with Gasteiger partial charge in [-0.15, -0.1) is 0 Å².